The number of benzene rings is 1. The molecule has 1 aromatic carbocycles. The van der Waals surface area contributed by atoms with Crippen LogP contribution in [-0.2, 0) is 4.79 Å². The van der Waals surface area contributed by atoms with E-state index >= 15 is 0 Å². The van der Waals surface area contributed by atoms with Gasteiger partial charge < -0.3 is 5.11 Å². The lowest BCUT2D eigenvalue weighted by Gasteiger charge is -1.90. The fraction of sp³-hybridized carbons (Fsp3) is 0.154. The molecule has 0 aliphatic carbocycles. The van der Waals surface area contributed by atoms with E-state index in [4.69, 9.17) is 16.7 Å². The van der Waals surface area contributed by atoms with Crippen LogP contribution >= 0.6 is 11.6 Å². The van der Waals surface area contributed by atoms with Crippen molar-refractivity contribution >= 4 is 23.6 Å². The van der Waals surface area contributed by atoms with E-state index in [0.717, 1.165) is 0 Å². The van der Waals surface area contributed by atoms with E-state index < -0.39 is 5.97 Å². The molecule has 0 unspecified atom stereocenters. The van der Waals surface area contributed by atoms with Crippen molar-refractivity contribution in [3.63, 3.8) is 0 Å². The maximum atomic E-state index is 10.00. The van der Waals surface area contributed by atoms with Crippen LogP contribution in [0.5, 0.6) is 0 Å². The fourth-order valence-corrected chi connectivity index (χ4v) is 0.817. The fourth-order valence-electron chi connectivity index (χ4n) is 0.736. The zero-order valence-electron chi connectivity index (χ0n) is 9.40. The summed E-state index contributed by atoms with van der Waals surface area (Å²) in [5.41, 5.74) is 1.37. The van der Waals surface area contributed by atoms with E-state index in [1.165, 1.54) is 12.5 Å². The topological polar surface area (TPSA) is 37.3 Å². The number of carboxylic acid groups (broad SMARTS) is 1. The molecular formula is C13H15ClO2. The highest BCUT2D eigenvalue weighted by Crippen LogP contribution is 2.06. The smallest absolute Gasteiger partial charge is 0.332 e. The summed E-state index contributed by atoms with van der Waals surface area (Å²) in [4.78, 5) is 10.00. The van der Waals surface area contributed by atoms with Crippen molar-refractivity contribution in [2.75, 3.05) is 0 Å². The summed E-state index contributed by atoms with van der Waals surface area (Å²) in [5.74, 6) is -0.961. The SMILES string of the molecule is C=Cc1ccccc1.CC(Cl)=C(C)C(=O)O. The Morgan fingerprint density at radius 3 is 2.00 bits per heavy atom. The number of rotatable bonds is 2. The van der Waals surface area contributed by atoms with Crippen LogP contribution in [0.2, 0.25) is 0 Å². The summed E-state index contributed by atoms with van der Waals surface area (Å²) in [7, 11) is 0. The zero-order valence-corrected chi connectivity index (χ0v) is 10.2. The van der Waals surface area contributed by atoms with Crippen molar-refractivity contribution in [1.29, 1.82) is 0 Å². The van der Waals surface area contributed by atoms with Crippen LogP contribution in [0, 0.1) is 0 Å². The molecule has 1 aromatic rings. The number of allylic oxidation sites excluding steroid dienone is 1. The van der Waals surface area contributed by atoms with Crippen LogP contribution in [0.4, 0.5) is 0 Å². The standard InChI is InChI=1S/C8H8.C5H7ClO2/c1-2-8-6-4-3-5-7-8;1-3(4(2)6)5(7)8/h2-7H,1H2;1-2H3,(H,7,8). The van der Waals surface area contributed by atoms with Gasteiger partial charge >= 0.3 is 5.97 Å². The number of carboxylic acids is 1. The Hall–Kier alpha value is -1.54. The number of aliphatic carboxylic acids is 1. The third-order valence-electron chi connectivity index (χ3n) is 1.87. The average Bonchev–Trinajstić information content (AvgIpc) is 2.29. The summed E-state index contributed by atoms with van der Waals surface area (Å²) in [6.07, 6.45) is 1.83. The van der Waals surface area contributed by atoms with E-state index in [9.17, 15) is 4.79 Å². The molecule has 0 atom stereocenters. The molecule has 0 amide bonds. The van der Waals surface area contributed by atoms with E-state index in [1.807, 2.05) is 36.4 Å². The van der Waals surface area contributed by atoms with Crippen molar-refractivity contribution in [3.8, 4) is 0 Å². The Labute approximate surface area is 101 Å². The molecule has 0 heterocycles. The Bertz CT molecular complexity index is 376. The molecule has 1 rings (SSSR count). The Kier molecular flexibility index (Phi) is 6.97. The van der Waals surface area contributed by atoms with Crippen molar-refractivity contribution < 1.29 is 9.90 Å². The molecule has 3 heteroatoms. The van der Waals surface area contributed by atoms with Gasteiger partial charge in [0.25, 0.3) is 0 Å². The molecule has 0 fully saturated rings. The molecular weight excluding hydrogens is 224 g/mol. The van der Waals surface area contributed by atoms with Gasteiger partial charge in [0.1, 0.15) is 0 Å². The van der Waals surface area contributed by atoms with Crippen LogP contribution in [-0.4, -0.2) is 11.1 Å². The van der Waals surface area contributed by atoms with Gasteiger partial charge in [0.2, 0.25) is 0 Å². The molecule has 2 nitrogen and oxygen atoms in total. The molecule has 0 aliphatic rings. The number of halogens is 1. The van der Waals surface area contributed by atoms with Crippen LogP contribution in [0.15, 0.2) is 47.5 Å². The van der Waals surface area contributed by atoms with Gasteiger partial charge in [0.05, 0.1) is 0 Å². The monoisotopic (exact) mass is 238 g/mol. The van der Waals surface area contributed by atoms with Gasteiger partial charge in [0, 0.05) is 10.6 Å². The summed E-state index contributed by atoms with van der Waals surface area (Å²) in [6.45, 7) is 6.64. The number of hydrogen-bond acceptors (Lipinski definition) is 1. The number of carbonyl (C=O) groups is 1. The highest BCUT2D eigenvalue weighted by Gasteiger charge is 2.00. The summed E-state index contributed by atoms with van der Waals surface area (Å²) in [6, 6.07) is 10.0. The summed E-state index contributed by atoms with van der Waals surface area (Å²) < 4.78 is 0. The van der Waals surface area contributed by atoms with Gasteiger partial charge in [0.15, 0.2) is 0 Å². The molecule has 0 spiro atoms. The Morgan fingerprint density at radius 1 is 1.31 bits per heavy atom. The van der Waals surface area contributed by atoms with Crippen molar-refractivity contribution in [1.82, 2.24) is 0 Å². The van der Waals surface area contributed by atoms with Crippen LogP contribution in [0.1, 0.15) is 19.4 Å². The maximum Gasteiger partial charge on any atom is 0.332 e. The molecule has 0 bridgehead atoms. The number of hydrogen-bond donors (Lipinski definition) is 1. The van der Waals surface area contributed by atoms with Gasteiger partial charge in [-0.15, -0.1) is 0 Å². The minimum absolute atomic E-state index is 0.201. The molecule has 0 radical (unpaired) electrons. The van der Waals surface area contributed by atoms with Crippen LogP contribution in [0.3, 0.4) is 0 Å². The van der Waals surface area contributed by atoms with Gasteiger partial charge in [-0.05, 0) is 19.4 Å². The van der Waals surface area contributed by atoms with Crippen molar-refractivity contribution in [3.05, 3.63) is 53.1 Å². The quantitative estimate of drug-likeness (QED) is 0.793. The van der Waals surface area contributed by atoms with Crippen molar-refractivity contribution in [2.45, 2.75) is 13.8 Å². The molecule has 0 aliphatic heterocycles. The first-order valence-electron chi connectivity index (χ1n) is 4.72. The molecule has 0 aromatic heterocycles. The van der Waals surface area contributed by atoms with Gasteiger partial charge in [-0.25, -0.2) is 4.79 Å². The predicted molar refractivity (Wildman–Crippen MR) is 68.4 cm³/mol. The normalized spacial score (nSPS) is 10.7. The highest BCUT2D eigenvalue weighted by molar-refractivity contribution is 6.31. The minimum Gasteiger partial charge on any atom is -0.478 e. The Balaban J connectivity index is 0.000000281. The second-order valence-electron chi connectivity index (χ2n) is 3.08. The molecule has 0 saturated carbocycles. The lowest BCUT2D eigenvalue weighted by molar-refractivity contribution is -0.132. The molecule has 86 valence electrons. The van der Waals surface area contributed by atoms with Crippen molar-refractivity contribution in [2.24, 2.45) is 0 Å². The lowest BCUT2D eigenvalue weighted by Crippen LogP contribution is -1.96. The minimum atomic E-state index is -0.961. The predicted octanol–water partition coefficient (Wildman–Crippen LogP) is 3.93. The Morgan fingerprint density at radius 2 is 1.81 bits per heavy atom. The van der Waals surface area contributed by atoms with Gasteiger partial charge in [-0.2, -0.15) is 0 Å². The van der Waals surface area contributed by atoms with Gasteiger partial charge in [-0.1, -0.05) is 54.6 Å². The van der Waals surface area contributed by atoms with E-state index in [1.54, 1.807) is 6.92 Å². The maximum absolute atomic E-state index is 10.00. The second kappa shape index (κ2) is 7.71. The van der Waals surface area contributed by atoms with E-state index in [2.05, 4.69) is 6.58 Å². The third kappa shape index (κ3) is 6.04. The van der Waals surface area contributed by atoms with E-state index in [0.29, 0.717) is 5.03 Å². The molecule has 0 saturated heterocycles. The average molecular weight is 239 g/mol. The van der Waals surface area contributed by atoms with Gasteiger partial charge in [-0.3, -0.25) is 0 Å². The first-order chi connectivity index (χ1) is 7.49. The first-order valence-corrected chi connectivity index (χ1v) is 5.10. The van der Waals surface area contributed by atoms with Crippen LogP contribution in [0.25, 0.3) is 6.08 Å². The van der Waals surface area contributed by atoms with E-state index in [-0.39, 0.29) is 5.57 Å². The summed E-state index contributed by atoms with van der Waals surface area (Å²) in [5, 5.41) is 8.54. The van der Waals surface area contributed by atoms with Crippen LogP contribution < -0.4 is 0 Å². The highest BCUT2D eigenvalue weighted by atomic mass is 35.5. The summed E-state index contributed by atoms with van der Waals surface area (Å²) >= 11 is 5.32. The zero-order chi connectivity index (χ0) is 12.6. The largest absolute Gasteiger partial charge is 0.478 e. The molecule has 16 heavy (non-hydrogen) atoms. The lowest BCUT2D eigenvalue weighted by atomic mass is 10.2. The third-order valence-corrected chi connectivity index (χ3v) is 2.16. The first kappa shape index (κ1) is 14.5. The molecule has 1 N–H and O–H groups in total. The second-order valence-corrected chi connectivity index (χ2v) is 3.65.